The number of ether oxygens (including phenoxy) is 1. The highest BCUT2D eigenvalue weighted by Gasteiger charge is 2.18. The van der Waals surface area contributed by atoms with Crippen LogP contribution in [0.25, 0.3) is 6.08 Å². The largest absolute Gasteiger partial charge is 0.379 e. The van der Waals surface area contributed by atoms with Gasteiger partial charge in [0.2, 0.25) is 5.82 Å². The lowest BCUT2D eigenvalue weighted by molar-refractivity contribution is -0.387. The van der Waals surface area contributed by atoms with E-state index in [1.807, 2.05) is 24.3 Å². The number of ketones is 1. The zero-order chi connectivity index (χ0) is 28.5. The Morgan fingerprint density at radius 2 is 1.73 bits per heavy atom. The first-order chi connectivity index (χ1) is 19.3. The van der Waals surface area contributed by atoms with Crippen molar-refractivity contribution in [1.82, 2.24) is 10.2 Å². The van der Waals surface area contributed by atoms with Gasteiger partial charge in [-0.25, -0.2) is 0 Å². The first kappa shape index (κ1) is 29.6. The zero-order valence-electron chi connectivity index (χ0n) is 21.5. The highest BCUT2D eigenvalue weighted by atomic mass is 79.9. The maximum Gasteiger partial charge on any atom is 0.305 e. The fourth-order valence-electron chi connectivity index (χ4n) is 3.99. The van der Waals surface area contributed by atoms with Crippen LogP contribution in [0.5, 0.6) is 0 Å². The predicted octanol–water partition coefficient (Wildman–Crippen LogP) is 5.72. The van der Waals surface area contributed by atoms with Gasteiger partial charge >= 0.3 is 5.69 Å². The van der Waals surface area contributed by atoms with E-state index in [4.69, 9.17) is 4.74 Å². The summed E-state index contributed by atoms with van der Waals surface area (Å²) in [5.41, 5.74) is 1.43. The van der Waals surface area contributed by atoms with Crippen molar-refractivity contribution in [1.29, 1.82) is 0 Å². The number of nitro groups is 1. The Bertz CT molecular complexity index is 1390. The van der Waals surface area contributed by atoms with Gasteiger partial charge in [0.25, 0.3) is 5.91 Å². The Morgan fingerprint density at radius 3 is 2.40 bits per heavy atom. The van der Waals surface area contributed by atoms with Crippen molar-refractivity contribution in [3.8, 4) is 0 Å². The van der Waals surface area contributed by atoms with Gasteiger partial charge in [0.05, 0.1) is 23.0 Å². The van der Waals surface area contributed by atoms with E-state index in [0.717, 1.165) is 41.8 Å². The molecule has 0 bridgehead atoms. The highest BCUT2D eigenvalue weighted by Crippen LogP contribution is 2.29. The molecule has 4 rings (SSSR count). The molecule has 1 amide bonds. The molecule has 0 spiro atoms. The van der Waals surface area contributed by atoms with Gasteiger partial charge in [0, 0.05) is 53.6 Å². The van der Waals surface area contributed by atoms with Gasteiger partial charge in [-0.1, -0.05) is 46.3 Å². The molecular weight excluding hydrogens is 601 g/mol. The number of carbonyl (C=O) groups is 2. The van der Waals surface area contributed by atoms with Gasteiger partial charge in [-0.2, -0.15) is 4.39 Å². The third-order valence-electron chi connectivity index (χ3n) is 6.22. The summed E-state index contributed by atoms with van der Waals surface area (Å²) in [7, 11) is 0. The summed E-state index contributed by atoms with van der Waals surface area (Å²) in [6.07, 6.45) is 1.52. The van der Waals surface area contributed by atoms with Gasteiger partial charge < -0.3 is 10.1 Å². The molecule has 0 saturated carbocycles. The summed E-state index contributed by atoms with van der Waals surface area (Å²) in [5, 5.41) is 14.1. The minimum atomic E-state index is -0.948. The van der Waals surface area contributed by atoms with E-state index in [1.54, 1.807) is 24.3 Å². The smallest absolute Gasteiger partial charge is 0.305 e. The van der Waals surface area contributed by atoms with Gasteiger partial charge in [-0.3, -0.25) is 24.6 Å². The normalized spacial score (nSPS) is 14.1. The quantitative estimate of drug-likeness (QED) is 0.126. The summed E-state index contributed by atoms with van der Waals surface area (Å²) < 4.78 is 20.1. The van der Waals surface area contributed by atoms with Crippen molar-refractivity contribution in [2.24, 2.45) is 0 Å². The number of hydrogen-bond acceptors (Lipinski definition) is 7. The number of amides is 1. The van der Waals surface area contributed by atoms with Crippen LogP contribution < -0.4 is 5.32 Å². The number of nitrogens with zero attached hydrogens (tertiary/aromatic N) is 2. The van der Waals surface area contributed by atoms with Crippen molar-refractivity contribution in [2.45, 2.75) is 5.75 Å². The number of hydrogen-bond donors (Lipinski definition) is 1. The van der Waals surface area contributed by atoms with Crippen molar-refractivity contribution in [2.75, 3.05) is 39.4 Å². The number of allylic oxidation sites excluding steroid dienone is 1. The average molecular weight is 629 g/mol. The van der Waals surface area contributed by atoms with Crippen LogP contribution in [0.3, 0.4) is 0 Å². The van der Waals surface area contributed by atoms with E-state index < -0.39 is 16.4 Å². The van der Waals surface area contributed by atoms with Crippen molar-refractivity contribution < 1.29 is 23.6 Å². The van der Waals surface area contributed by atoms with E-state index in [2.05, 4.69) is 26.1 Å². The van der Waals surface area contributed by atoms with Crippen LogP contribution in [-0.4, -0.2) is 60.9 Å². The Kier molecular flexibility index (Phi) is 10.6. The first-order valence-electron chi connectivity index (χ1n) is 12.6. The van der Waals surface area contributed by atoms with Crippen LogP contribution >= 0.6 is 27.7 Å². The summed E-state index contributed by atoms with van der Waals surface area (Å²) in [5.74, 6) is -1.02. The second-order valence-corrected chi connectivity index (χ2v) is 10.9. The lowest BCUT2D eigenvalue weighted by atomic mass is 10.1. The number of nitro benzene ring substituents is 1. The fourth-order valence-corrected chi connectivity index (χ4v) is 5.24. The molecule has 0 unspecified atom stereocenters. The Labute approximate surface area is 243 Å². The molecule has 3 aromatic rings. The van der Waals surface area contributed by atoms with Gasteiger partial charge in [0.15, 0.2) is 5.78 Å². The second kappa shape index (κ2) is 14.3. The maximum absolute atomic E-state index is 13.9. The number of carbonyl (C=O) groups excluding carboxylic acids is 2. The molecule has 0 radical (unpaired) electrons. The predicted molar refractivity (Wildman–Crippen MR) is 157 cm³/mol. The summed E-state index contributed by atoms with van der Waals surface area (Å²) in [6, 6.07) is 17.5. The Morgan fingerprint density at radius 1 is 1.05 bits per heavy atom. The van der Waals surface area contributed by atoms with E-state index in [0.29, 0.717) is 47.1 Å². The van der Waals surface area contributed by atoms with Crippen LogP contribution in [-0.2, 0) is 10.5 Å². The number of rotatable bonds is 11. The summed E-state index contributed by atoms with van der Waals surface area (Å²) in [6.45, 7) is 4.31. The Balaban J connectivity index is 1.49. The van der Waals surface area contributed by atoms with Gasteiger partial charge in [-0.05, 0) is 47.5 Å². The molecule has 1 aliphatic heterocycles. The lowest BCUT2D eigenvalue weighted by Gasteiger charge is -2.26. The fraction of sp³-hybridized carbons (Fsp3) is 0.241. The number of Topliss-reactive ketones (excluding diaryl/α,β-unsaturated/α-hetero) is 1. The molecule has 3 aromatic carbocycles. The van der Waals surface area contributed by atoms with E-state index in [-0.39, 0.29) is 11.7 Å². The second-order valence-electron chi connectivity index (χ2n) is 9.01. The number of nitrogens with one attached hydrogen (secondary N) is 1. The van der Waals surface area contributed by atoms with Gasteiger partial charge in [-0.15, -0.1) is 11.8 Å². The number of morpholine rings is 1. The first-order valence-corrected chi connectivity index (χ1v) is 14.3. The van der Waals surface area contributed by atoms with Crippen LogP contribution in [0.4, 0.5) is 10.1 Å². The summed E-state index contributed by atoms with van der Waals surface area (Å²) >= 11 is 4.67. The Hall–Kier alpha value is -3.38. The minimum absolute atomic E-state index is 0.230. The van der Waals surface area contributed by atoms with Crippen LogP contribution in [0, 0.1) is 15.9 Å². The van der Waals surface area contributed by atoms with Crippen LogP contribution in [0.1, 0.15) is 31.8 Å². The van der Waals surface area contributed by atoms with Gasteiger partial charge in [0.1, 0.15) is 0 Å². The van der Waals surface area contributed by atoms with Crippen molar-refractivity contribution in [3.05, 3.63) is 114 Å². The average Bonchev–Trinajstić information content (AvgIpc) is 2.97. The molecule has 0 atom stereocenters. The molecule has 0 aromatic heterocycles. The molecule has 1 aliphatic rings. The maximum atomic E-state index is 13.9. The molecule has 0 aliphatic carbocycles. The number of halogens is 2. The molecule has 1 fully saturated rings. The standard InChI is InChI=1S/C29H27BrFN3O5S/c30-24-8-1-20(2-9-24)19-40-27(18-21-3-10-25(31)26(17-21)34(37)38)28(35)22-4-6-23(7-5-22)29(36)32-11-12-33-13-15-39-16-14-33/h1-10,17-18H,11-16,19H2,(H,32,36). The third kappa shape index (κ3) is 8.31. The van der Waals surface area contributed by atoms with Crippen LogP contribution in [0.15, 0.2) is 76.1 Å². The molecule has 208 valence electrons. The lowest BCUT2D eigenvalue weighted by Crippen LogP contribution is -2.41. The molecule has 1 saturated heterocycles. The molecule has 8 nitrogen and oxygen atoms in total. The molecule has 11 heteroatoms. The van der Waals surface area contributed by atoms with Crippen LogP contribution in [0.2, 0.25) is 0 Å². The zero-order valence-corrected chi connectivity index (χ0v) is 23.9. The van der Waals surface area contributed by atoms with E-state index in [1.165, 1.54) is 23.9 Å². The highest BCUT2D eigenvalue weighted by molar-refractivity contribution is 9.10. The van der Waals surface area contributed by atoms with E-state index >= 15 is 0 Å². The topological polar surface area (TPSA) is 102 Å². The molecular formula is C29H27BrFN3O5S. The van der Waals surface area contributed by atoms with E-state index in [9.17, 15) is 24.1 Å². The van der Waals surface area contributed by atoms with Crippen molar-refractivity contribution in [3.63, 3.8) is 0 Å². The number of benzene rings is 3. The third-order valence-corrected chi connectivity index (χ3v) is 7.84. The monoisotopic (exact) mass is 627 g/mol. The molecule has 1 heterocycles. The molecule has 1 N–H and O–H groups in total. The SMILES string of the molecule is O=C(NCCN1CCOCC1)c1ccc(C(=O)C(=Cc2ccc(F)c([N+](=O)[O-])c2)SCc2ccc(Br)cc2)cc1. The summed E-state index contributed by atoms with van der Waals surface area (Å²) in [4.78, 5) is 39.1. The van der Waals surface area contributed by atoms with Crippen molar-refractivity contribution >= 4 is 51.1 Å². The molecule has 40 heavy (non-hydrogen) atoms. The number of thioether (sulfide) groups is 1. The minimum Gasteiger partial charge on any atom is -0.379 e.